The zero-order valence-corrected chi connectivity index (χ0v) is 6.19. The highest BCUT2D eigenvalue weighted by Crippen LogP contribution is 1.89. The largest absolute Gasteiger partial charge is 0.460 e. The van der Waals surface area contributed by atoms with Crippen molar-refractivity contribution in [2.45, 2.75) is 0 Å². The van der Waals surface area contributed by atoms with Gasteiger partial charge in [-0.3, -0.25) is 0 Å². The van der Waals surface area contributed by atoms with Crippen molar-refractivity contribution in [1.82, 2.24) is 0 Å². The highest BCUT2D eigenvalue weighted by atomic mass is 32.1. The first-order chi connectivity index (χ1) is 4.72. The van der Waals surface area contributed by atoms with Gasteiger partial charge in [0.1, 0.15) is 6.61 Å². The molecule has 56 valence electrons. The maximum Gasteiger partial charge on any atom is 0.338 e. The van der Waals surface area contributed by atoms with Crippen LogP contribution in [0.5, 0.6) is 0 Å². The van der Waals surface area contributed by atoms with Crippen LogP contribution in [0.2, 0.25) is 0 Å². The summed E-state index contributed by atoms with van der Waals surface area (Å²) in [5, 5.41) is 9.37. The molecule has 0 radical (unpaired) electrons. The van der Waals surface area contributed by atoms with Gasteiger partial charge in [-0.05, 0) is 0 Å². The Bertz CT molecular complexity index is 153. The lowest BCUT2D eigenvalue weighted by Gasteiger charge is -1.99. The first-order valence-electron chi connectivity index (χ1n) is 2.64. The van der Waals surface area contributed by atoms with Crippen molar-refractivity contribution in [2.75, 3.05) is 13.2 Å². The average Bonchev–Trinajstić information content (AvgIpc) is 1.98. The third-order valence-corrected chi connectivity index (χ3v) is 1.01. The molecule has 0 aliphatic heterocycles. The highest BCUT2D eigenvalue weighted by molar-refractivity contribution is 7.79. The van der Waals surface area contributed by atoms with Crippen LogP contribution in [0.4, 0.5) is 0 Å². The van der Waals surface area contributed by atoms with E-state index in [1.54, 1.807) is 0 Å². The molecule has 0 spiro atoms. The van der Waals surface area contributed by atoms with E-state index in [9.17, 15) is 4.79 Å². The molecule has 0 rings (SSSR count). The number of carbonyl (C=O) groups excluding carboxylic acids is 1. The molecule has 0 saturated heterocycles. The molecule has 0 unspecified atom stereocenters. The quantitative estimate of drug-likeness (QED) is 0.359. The molecule has 0 bridgehead atoms. The smallest absolute Gasteiger partial charge is 0.338 e. The zero-order chi connectivity index (χ0) is 7.98. The van der Waals surface area contributed by atoms with Crippen LogP contribution >= 0.6 is 12.2 Å². The van der Waals surface area contributed by atoms with Crippen molar-refractivity contribution in [2.24, 2.45) is 0 Å². The molecule has 0 aliphatic rings. The van der Waals surface area contributed by atoms with Crippen molar-refractivity contribution in [3.8, 4) is 0 Å². The molecule has 0 amide bonds. The second-order valence-electron chi connectivity index (χ2n) is 1.50. The Kier molecular flexibility index (Phi) is 4.70. The SMILES string of the molecule is C=C(C=S)C(=O)OCCO. The van der Waals surface area contributed by atoms with Crippen LogP contribution in [-0.4, -0.2) is 29.7 Å². The maximum absolute atomic E-state index is 10.6. The van der Waals surface area contributed by atoms with Crippen LogP contribution in [0.15, 0.2) is 12.2 Å². The lowest BCUT2D eigenvalue weighted by molar-refractivity contribution is -0.139. The van der Waals surface area contributed by atoms with E-state index in [1.807, 2.05) is 0 Å². The molecule has 0 atom stereocenters. The minimum Gasteiger partial charge on any atom is -0.460 e. The van der Waals surface area contributed by atoms with Gasteiger partial charge in [0, 0.05) is 5.37 Å². The van der Waals surface area contributed by atoms with Crippen LogP contribution in [0.25, 0.3) is 0 Å². The van der Waals surface area contributed by atoms with E-state index in [0.717, 1.165) is 5.37 Å². The zero-order valence-electron chi connectivity index (χ0n) is 5.37. The highest BCUT2D eigenvalue weighted by Gasteiger charge is 2.02. The predicted molar refractivity (Wildman–Crippen MR) is 40.8 cm³/mol. The predicted octanol–water partition coefficient (Wildman–Crippen LogP) is 0.0778. The van der Waals surface area contributed by atoms with Gasteiger partial charge >= 0.3 is 5.97 Å². The van der Waals surface area contributed by atoms with Gasteiger partial charge in [0.25, 0.3) is 0 Å². The topological polar surface area (TPSA) is 46.5 Å². The summed E-state index contributed by atoms with van der Waals surface area (Å²) in [6.07, 6.45) is 0. The lowest BCUT2D eigenvalue weighted by Crippen LogP contribution is -2.10. The Labute approximate surface area is 64.3 Å². The number of hydrogen-bond acceptors (Lipinski definition) is 4. The Morgan fingerprint density at radius 2 is 2.40 bits per heavy atom. The van der Waals surface area contributed by atoms with Gasteiger partial charge in [-0.25, -0.2) is 4.79 Å². The number of aliphatic hydroxyl groups is 1. The standard InChI is InChI=1S/C6H8O3S/c1-5(4-10)6(8)9-3-2-7/h4,7H,1-3H2. The fourth-order valence-electron chi connectivity index (χ4n) is 0.279. The van der Waals surface area contributed by atoms with Crippen molar-refractivity contribution in [3.05, 3.63) is 12.2 Å². The van der Waals surface area contributed by atoms with E-state index in [0.29, 0.717) is 0 Å². The summed E-state index contributed by atoms with van der Waals surface area (Å²) in [4.78, 5) is 10.6. The summed E-state index contributed by atoms with van der Waals surface area (Å²) in [5.41, 5.74) is 0.128. The Hall–Kier alpha value is -0.740. The molecular formula is C6H8O3S. The number of rotatable bonds is 4. The Morgan fingerprint density at radius 3 is 2.80 bits per heavy atom. The van der Waals surface area contributed by atoms with Gasteiger partial charge in [-0.15, -0.1) is 0 Å². The first-order valence-corrected chi connectivity index (χ1v) is 3.11. The van der Waals surface area contributed by atoms with Gasteiger partial charge in [-0.2, -0.15) is 0 Å². The van der Waals surface area contributed by atoms with Crippen molar-refractivity contribution >= 4 is 23.6 Å². The van der Waals surface area contributed by atoms with Crippen LogP contribution in [0.3, 0.4) is 0 Å². The second-order valence-corrected chi connectivity index (χ2v) is 1.74. The molecule has 0 aromatic heterocycles. The monoisotopic (exact) mass is 160 g/mol. The van der Waals surface area contributed by atoms with E-state index >= 15 is 0 Å². The number of esters is 1. The third kappa shape index (κ3) is 3.32. The molecular weight excluding hydrogens is 152 g/mol. The summed E-state index contributed by atoms with van der Waals surface area (Å²) >= 11 is 4.41. The Balaban J connectivity index is 3.62. The van der Waals surface area contributed by atoms with Gasteiger partial charge in [0.15, 0.2) is 0 Å². The first kappa shape index (κ1) is 9.26. The van der Waals surface area contributed by atoms with Gasteiger partial charge in [0.05, 0.1) is 12.2 Å². The fourth-order valence-corrected chi connectivity index (χ4v) is 0.375. The molecule has 1 N–H and O–H groups in total. The second kappa shape index (κ2) is 5.08. The minimum absolute atomic E-state index is 0.0129. The van der Waals surface area contributed by atoms with Crippen LogP contribution in [0, 0.1) is 0 Å². The number of aliphatic hydroxyl groups excluding tert-OH is 1. The summed E-state index contributed by atoms with van der Waals surface area (Å²) in [5.74, 6) is -0.580. The molecule has 0 saturated carbocycles. The minimum atomic E-state index is -0.580. The fraction of sp³-hybridized carbons (Fsp3) is 0.333. The Morgan fingerprint density at radius 1 is 1.80 bits per heavy atom. The lowest BCUT2D eigenvalue weighted by atomic mass is 10.4. The van der Waals surface area contributed by atoms with E-state index in [2.05, 4.69) is 23.5 Å². The van der Waals surface area contributed by atoms with Crippen LogP contribution in [-0.2, 0) is 9.53 Å². The van der Waals surface area contributed by atoms with Crippen LogP contribution in [0.1, 0.15) is 0 Å². The summed E-state index contributed by atoms with van der Waals surface area (Å²) in [6, 6.07) is 0. The van der Waals surface area contributed by atoms with Crippen LogP contribution < -0.4 is 0 Å². The van der Waals surface area contributed by atoms with E-state index in [4.69, 9.17) is 5.11 Å². The molecule has 10 heavy (non-hydrogen) atoms. The number of thiocarbonyl (C=S) groups is 1. The van der Waals surface area contributed by atoms with E-state index < -0.39 is 5.97 Å². The van der Waals surface area contributed by atoms with Crippen molar-refractivity contribution in [3.63, 3.8) is 0 Å². The van der Waals surface area contributed by atoms with Gasteiger partial charge < -0.3 is 9.84 Å². The molecule has 0 aromatic rings. The number of hydrogen-bond donors (Lipinski definition) is 1. The van der Waals surface area contributed by atoms with Crippen molar-refractivity contribution < 1.29 is 14.6 Å². The van der Waals surface area contributed by atoms with Crippen molar-refractivity contribution in [1.29, 1.82) is 0 Å². The average molecular weight is 160 g/mol. The molecule has 3 nitrogen and oxygen atoms in total. The van der Waals surface area contributed by atoms with Gasteiger partial charge in [0.2, 0.25) is 0 Å². The maximum atomic E-state index is 10.6. The third-order valence-electron chi connectivity index (χ3n) is 0.729. The van der Waals surface area contributed by atoms with E-state index in [1.165, 1.54) is 0 Å². The molecule has 0 aromatic carbocycles. The summed E-state index contributed by atoms with van der Waals surface area (Å²) < 4.78 is 4.46. The number of ether oxygens (including phenoxy) is 1. The molecule has 0 fully saturated rings. The molecule has 0 heterocycles. The summed E-state index contributed by atoms with van der Waals surface area (Å²) in [6.45, 7) is 3.11. The summed E-state index contributed by atoms with van der Waals surface area (Å²) in [7, 11) is 0. The normalized spacial score (nSPS) is 8.50. The van der Waals surface area contributed by atoms with Gasteiger partial charge in [-0.1, -0.05) is 18.8 Å². The van der Waals surface area contributed by atoms with E-state index in [-0.39, 0.29) is 18.8 Å². The number of carbonyl (C=O) groups is 1. The molecule has 0 aliphatic carbocycles. The molecule has 4 heteroatoms.